The number of alkyl halides is 10. The van der Waals surface area contributed by atoms with Gasteiger partial charge in [0, 0.05) is 6.42 Å². The van der Waals surface area contributed by atoms with Crippen molar-refractivity contribution in [3.05, 3.63) is 47.5 Å². The third-order valence-electron chi connectivity index (χ3n) is 7.32. The Labute approximate surface area is 248 Å². The monoisotopic (exact) mass is 685 g/mol. The molecule has 1 heterocycles. The lowest BCUT2D eigenvalue weighted by Crippen LogP contribution is -2.47. The summed E-state index contributed by atoms with van der Waals surface area (Å²) >= 11 is 0. The number of halogens is 10. The van der Waals surface area contributed by atoms with Gasteiger partial charge in [-0.05, 0) is 67.2 Å². The van der Waals surface area contributed by atoms with Crippen molar-refractivity contribution >= 4 is 19.7 Å². The highest BCUT2D eigenvalue weighted by molar-refractivity contribution is 7.95. The number of unbranched alkanes of at least 4 members (excludes halogenated alkanes) is 2. The minimum absolute atomic E-state index is 0.0332. The molecule has 0 radical (unpaired) electrons. The standard InChI is InChI=1S/C17H8F10O4S2.C10H21N/c18-14(19,20)16(24,25)32(28,29)12-6-5-10-9-4-2-1-3-8(9)7-11(10)13(12)33(30,31)17(26,27)15(21,22)23;1-2-3-5-8-11-9-6-4-7-10-11/h1-6H,7H2;2-10H2,1H3. The summed E-state index contributed by atoms with van der Waals surface area (Å²) in [5.74, 6) is 0. The van der Waals surface area contributed by atoms with Crippen molar-refractivity contribution in [2.75, 3.05) is 19.6 Å². The number of piperidine rings is 1. The third kappa shape index (κ3) is 6.59. The van der Waals surface area contributed by atoms with Crippen LogP contribution in [-0.4, -0.2) is 64.2 Å². The van der Waals surface area contributed by atoms with Gasteiger partial charge in [0.2, 0.25) is 0 Å². The van der Waals surface area contributed by atoms with E-state index in [4.69, 9.17) is 0 Å². The van der Waals surface area contributed by atoms with Gasteiger partial charge >= 0.3 is 22.9 Å². The minimum atomic E-state index is -7.20. The van der Waals surface area contributed by atoms with E-state index in [1.54, 1.807) is 0 Å². The van der Waals surface area contributed by atoms with Crippen molar-refractivity contribution in [2.45, 2.75) is 84.5 Å². The van der Waals surface area contributed by atoms with Crippen LogP contribution in [0.15, 0.2) is 46.2 Å². The molecule has 1 saturated heterocycles. The normalized spacial score (nSPS) is 16.6. The summed E-state index contributed by atoms with van der Waals surface area (Å²) in [5.41, 5.74) is -1.39. The average Bonchev–Trinajstić information content (AvgIpc) is 3.31. The van der Waals surface area contributed by atoms with Crippen LogP contribution in [0.25, 0.3) is 11.1 Å². The predicted octanol–water partition coefficient (Wildman–Crippen LogP) is 7.78. The van der Waals surface area contributed by atoms with E-state index >= 15 is 0 Å². The predicted molar refractivity (Wildman–Crippen MR) is 141 cm³/mol. The largest absolute Gasteiger partial charge is 0.469 e. The van der Waals surface area contributed by atoms with Crippen LogP contribution in [0.1, 0.15) is 56.6 Å². The first-order chi connectivity index (χ1) is 20.1. The number of hydrogen-bond acceptors (Lipinski definition) is 5. The minimum Gasteiger partial charge on any atom is -0.303 e. The molecule has 4 rings (SSSR count). The van der Waals surface area contributed by atoms with Gasteiger partial charge in [0.05, 0.1) is 9.79 Å². The second kappa shape index (κ2) is 12.8. The number of rotatable bonds is 8. The van der Waals surface area contributed by atoms with Gasteiger partial charge in [-0.2, -0.15) is 43.9 Å². The Morgan fingerprint density at radius 3 is 1.77 bits per heavy atom. The van der Waals surface area contributed by atoms with Gasteiger partial charge in [-0.3, -0.25) is 0 Å². The molecule has 17 heteroatoms. The van der Waals surface area contributed by atoms with E-state index in [-0.39, 0.29) is 17.2 Å². The van der Waals surface area contributed by atoms with Crippen molar-refractivity contribution in [3.63, 3.8) is 0 Å². The molecule has 0 saturated carbocycles. The summed E-state index contributed by atoms with van der Waals surface area (Å²) in [6.07, 6.45) is -6.01. The van der Waals surface area contributed by atoms with Gasteiger partial charge in [-0.15, -0.1) is 0 Å². The van der Waals surface area contributed by atoms with Gasteiger partial charge in [-0.25, -0.2) is 16.8 Å². The molecule has 1 aliphatic carbocycles. The van der Waals surface area contributed by atoms with E-state index in [9.17, 15) is 60.7 Å². The van der Waals surface area contributed by atoms with Gasteiger partial charge in [0.25, 0.3) is 19.7 Å². The average molecular weight is 686 g/mol. The van der Waals surface area contributed by atoms with E-state index < -0.39 is 69.9 Å². The van der Waals surface area contributed by atoms with Gasteiger partial charge < -0.3 is 4.90 Å². The van der Waals surface area contributed by atoms with Gasteiger partial charge in [0.15, 0.2) is 0 Å². The quantitative estimate of drug-likeness (QED) is 0.179. The topological polar surface area (TPSA) is 71.5 Å². The molecular formula is C27H29F10NO4S2. The van der Waals surface area contributed by atoms with E-state index in [2.05, 4.69) is 11.8 Å². The highest BCUT2D eigenvalue weighted by atomic mass is 32.2. The fourth-order valence-corrected chi connectivity index (χ4v) is 8.26. The molecule has 248 valence electrons. The third-order valence-corrected chi connectivity index (χ3v) is 11.2. The Morgan fingerprint density at radius 1 is 0.682 bits per heavy atom. The lowest BCUT2D eigenvalue weighted by molar-refractivity contribution is -0.242. The zero-order chi connectivity index (χ0) is 33.4. The zero-order valence-corrected chi connectivity index (χ0v) is 24.8. The van der Waals surface area contributed by atoms with Crippen LogP contribution in [-0.2, 0) is 26.1 Å². The lowest BCUT2D eigenvalue weighted by Gasteiger charge is -2.26. The summed E-state index contributed by atoms with van der Waals surface area (Å²) < 4.78 is 181. The van der Waals surface area contributed by atoms with Crippen LogP contribution in [0.4, 0.5) is 43.9 Å². The van der Waals surface area contributed by atoms with Crippen LogP contribution >= 0.6 is 0 Å². The van der Waals surface area contributed by atoms with Crippen molar-refractivity contribution in [1.82, 2.24) is 4.90 Å². The van der Waals surface area contributed by atoms with Crippen molar-refractivity contribution < 1.29 is 60.7 Å². The molecule has 0 amide bonds. The summed E-state index contributed by atoms with van der Waals surface area (Å²) in [6.45, 7) is 6.36. The molecule has 2 aromatic carbocycles. The maximum atomic E-state index is 14.0. The second-order valence-corrected chi connectivity index (χ2v) is 14.3. The Morgan fingerprint density at radius 2 is 1.23 bits per heavy atom. The number of hydrogen-bond donors (Lipinski definition) is 0. The summed E-state index contributed by atoms with van der Waals surface area (Å²) in [4.78, 5) is -2.37. The van der Waals surface area contributed by atoms with E-state index in [0.717, 1.165) is 0 Å². The SMILES string of the molecule is CCCCCN1CCCCC1.O=S(=O)(c1ccc2c(c1S(=O)(=O)C(F)(F)C(F)(F)F)Cc1ccccc1-2)C(F)(F)C(F)(F)F. The molecule has 2 aliphatic rings. The molecule has 1 aliphatic heterocycles. The summed E-state index contributed by atoms with van der Waals surface area (Å²) in [5, 5.41) is -13.4. The fraction of sp³-hybridized carbons (Fsp3) is 0.556. The van der Waals surface area contributed by atoms with Crippen LogP contribution in [0.3, 0.4) is 0 Å². The Kier molecular flexibility index (Phi) is 10.5. The first kappa shape index (κ1) is 36.1. The summed E-state index contributed by atoms with van der Waals surface area (Å²) in [7, 11) is -14.4. The van der Waals surface area contributed by atoms with E-state index in [1.165, 1.54) is 82.4 Å². The molecule has 0 atom stereocenters. The highest BCUT2D eigenvalue weighted by Crippen LogP contribution is 2.52. The van der Waals surface area contributed by atoms with Gasteiger partial charge in [-0.1, -0.05) is 56.5 Å². The van der Waals surface area contributed by atoms with Crippen LogP contribution in [0.2, 0.25) is 0 Å². The first-order valence-corrected chi connectivity index (χ1v) is 16.4. The first-order valence-electron chi connectivity index (χ1n) is 13.5. The zero-order valence-electron chi connectivity index (χ0n) is 23.2. The fourth-order valence-electron chi connectivity index (χ4n) is 5.01. The summed E-state index contributed by atoms with van der Waals surface area (Å²) in [6, 6.07) is 5.54. The number of sulfone groups is 2. The lowest BCUT2D eigenvalue weighted by atomic mass is 10.1. The highest BCUT2D eigenvalue weighted by Gasteiger charge is 2.71. The molecule has 5 nitrogen and oxygen atoms in total. The molecular weight excluding hydrogens is 656 g/mol. The molecule has 44 heavy (non-hydrogen) atoms. The molecule has 0 bridgehead atoms. The van der Waals surface area contributed by atoms with E-state index in [1.807, 2.05) is 0 Å². The van der Waals surface area contributed by atoms with E-state index in [0.29, 0.717) is 6.07 Å². The maximum absolute atomic E-state index is 14.0. The maximum Gasteiger partial charge on any atom is 0.469 e. The molecule has 0 aromatic heterocycles. The number of benzene rings is 2. The van der Waals surface area contributed by atoms with Crippen LogP contribution in [0, 0.1) is 0 Å². The van der Waals surface area contributed by atoms with Crippen LogP contribution in [0.5, 0.6) is 0 Å². The molecule has 2 aromatic rings. The Balaban J connectivity index is 0.000000404. The molecule has 0 unspecified atom stereocenters. The number of nitrogens with zero attached hydrogens (tertiary/aromatic N) is 1. The number of likely N-dealkylation sites (tertiary alicyclic amines) is 1. The van der Waals surface area contributed by atoms with Crippen molar-refractivity contribution in [3.8, 4) is 11.1 Å². The molecule has 0 spiro atoms. The van der Waals surface area contributed by atoms with Gasteiger partial charge in [0.1, 0.15) is 0 Å². The molecule has 0 N–H and O–H groups in total. The molecule has 1 fully saturated rings. The Hall–Kier alpha value is -2.40. The van der Waals surface area contributed by atoms with Crippen molar-refractivity contribution in [1.29, 1.82) is 0 Å². The smallest absolute Gasteiger partial charge is 0.303 e. The van der Waals surface area contributed by atoms with Crippen LogP contribution < -0.4 is 0 Å². The Bertz CT molecular complexity index is 1550. The number of fused-ring (bicyclic) bond motifs is 3. The second-order valence-electron chi connectivity index (χ2n) is 10.4. The van der Waals surface area contributed by atoms with Crippen molar-refractivity contribution in [2.24, 2.45) is 0 Å².